The molecular weight excluding hydrogens is 418 g/mol. The van der Waals surface area contributed by atoms with Gasteiger partial charge in [-0.25, -0.2) is 0 Å². The molecule has 3 aromatic carbocycles. The van der Waals surface area contributed by atoms with E-state index >= 15 is 0 Å². The Bertz CT molecular complexity index is 972. The highest BCUT2D eigenvalue weighted by molar-refractivity contribution is 7.98. The van der Waals surface area contributed by atoms with Gasteiger partial charge in [0.1, 0.15) is 0 Å². The Morgan fingerprint density at radius 3 is 2.00 bits per heavy atom. The van der Waals surface area contributed by atoms with Gasteiger partial charge in [-0.2, -0.15) is 0 Å². The smallest absolute Gasteiger partial charge is 0.238 e. The zero-order chi connectivity index (χ0) is 22.8. The van der Waals surface area contributed by atoms with Crippen LogP contribution < -0.4 is 10.6 Å². The lowest BCUT2D eigenvalue weighted by Gasteiger charge is -2.21. The maximum absolute atomic E-state index is 12.7. The predicted octanol–water partition coefficient (Wildman–Crippen LogP) is 4.57. The molecule has 2 N–H and O–H groups in total. The van der Waals surface area contributed by atoms with Crippen LogP contribution in [0.25, 0.3) is 0 Å². The fraction of sp³-hybridized carbons (Fsp3) is 0.231. The van der Waals surface area contributed by atoms with E-state index in [1.165, 1.54) is 0 Å². The molecule has 0 unspecified atom stereocenters. The van der Waals surface area contributed by atoms with Crippen molar-refractivity contribution in [2.45, 2.75) is 17.4 Å². The molecule has 0 spiro atoms. The molecule has 0 heterocycles. The summed E-state index contributed by atoms with van der Waals surface area (Å²) in [4.78, 5) is 28.0. The molecule has 3 rings (SSSR count). The lowest BCUT2D eigenvalue weighted by Crippen LogP contribution is -2.35. The summed E-state index contributed by atoms with van der Waals surface area (Å²) < 4.78 is 0. The second-order valence-electron chi connectivity index (χ2n) is 7.56. The molecule has 5 nitrogen and oxygen atoms in total. The minimum atomic E-state index is -0.207. The molecule has 166 valence electrons. The predicted molar refractivity (Wildman–Crippen MR) is 132 cm³/mol. The van der Waals surface area contributed by atoms with E-state index < -0.39 is 0 Å². The second-order valence-corrected chi connectivity index (χ2v) is 8.41. The van der Waals surface area contributed by atoms with Gasteiger partial charge in [-0.05, 0) is 36.6 Å². The van der Waals surface area contributed by atoms with Crippen molar-refractivity contribution in [1.29, 1.82) is 0 Å². The quantitative estimate of drug-likeness (QED) is 0.447. The Balaban J connectivity index is 1.53. The molecule has 3 aromatic rings. The van der Waals surface area contributed by atoms with Crippen LogP contribution in [0, 0.1) is 0 Å². The number of hydrogen-bond acceptors (Lipinski definition) is 4. The van der Waals surface area contributed by atoms with Gasteiger partial charge in [0.15, 0.2) is 0 Å². The minimum absolute atomic E-state index is 0.0531. The summed E-state index contributed by atoms with van der Waals surface area (Å²) >= 11 is 1.59. The number of carbonyl (C=O) groups excluding carboxylic acids is 2. The average Bonchev–Trinajstić information content (AvgIpc) is 2.82. The van der Waals surface area contributed by atoms with E-state index in [0.29, 0.717) is 13.0 Å². The number of hydrogen-bond donors (Lipinski definition) is 2. The largest absolute Gasteiger partial charge is 0.345 e. The number of benzene rings is 3. The zero-order valence-corrected chi connectivity index (χ0v) is 19.3. The number of anilines is 1. The molecule has 32 heavy (non-hydrogen) atoms. The number of carbonyl (C=O) groups is 2. The van der Waals surface area contributed by atoms with Crippen molar-refractivity contribution in [1.82, 2.24) is 10.2 Å². The minimum Gasteiger partial charge on any atom is -0.345 e. The van der Waals surface area contributed by atoms with Crippen molar-refractivity contribution in [3.63, 3.8) is 0 Å². The monoisotopic (exact) mass is 447 g/mol. The first kappa shape index (κ1) is 23.6. The zero-order valence-electron chi connectivity index (χ0n) is 18.5. The van der Waals surface area contributed by atoms with E-state index in [1.807, 2.05) is 103 Å². The molecule has 0 saturated carbocycles. The summed E-state index contributed by atoms with van der Waals surface area (Å²) in [6, 6.07) is 27.4. The number of likely N-dealkylation sites (N-methyl/N-ethyl adjacent to an activating group) is 1. The molecule has 2 amide bonds. The number of amides is 2. The third-order valence-corrected chi connectivity index (χ3v) is 5.88. The summed E-state index contributed by atoms with van der Waals surface area (Å²) in [5.74, 6) is -0.149. The Morgan fingerprint density at radius 2 is 1.41 bits per heavy atom. The van der Waals surface area contributed by atoms with Crippen LogP contribution in [-0.4, -0.2) is 43.1 Å². The first-order chi connectivity index (χ1) is 15.6. The third-order valence-electron chi connectivity index (χ3n) is 5.09. The molecule has 0 aliphatic rings. The van der Waals surface area contributed by atoms with E-state index in [-0.39, 0.29) is 24.4 Å². The van der Waals surface area contributed by atoms with E-state index in [2.05, 4.69) is 10.6 Å². The number of rotatable bonds is 10. The topological polar surface area (TPSA) is 61.4 Å². The van der Waals surface area contributed by atoms with Crippen LogP contribution in [0.15, 0.2) is 89.8 Å². The van der Waals surface area contributed by atoms with Gasteiger partial charge in [-0.15, -0.1) is 11.8 Å². The maximum Gasteiger partial charge on any atom is 0.238 e. The highest BCUT2D eigenvalue weighted by atomic mass is 32.2. The van der Waals surface area contributed by atoms with Crippen molar-refractivity contribution in [2.75, 3.05) is 31.7 Å². The Kier molecular flexibility index (Phi) is 8.90. The Morgan fingerprint density at radius 1 is 0.844 bits per heavy atom. The fourth-order valence-electron chi connectivity index (χ4n) is 3.44. The number of para-hydroxylation sites is 1. The van der Waals surface area contributed by atoms with Gasteiger partial charge in [0.2, 0.25) is 11.8 Å². The van der Waals surface area contributed by atoms with Crippen LogP contribution >= 0.6 is 11.8 Å². The molecule has 0 aliphatic carbocycles. The highest BCUT2D eigenvalue weighted by Gasteiger charge is 2.17. The van der Waals surface area contributed by atoms with E-state index in [9.17, 15) is 9.59 Å². The Labute approximate surface area is 194 Å². The van der Waals surface area contributed by atoms with Crippen molar-refractivity contribution < 1.29 is 9.59 Å². The van der Waals surface area contributed by atoms with Gasteiger partial charge in [0, 0.05) is 17.9 Å². The van der Waals surface area contributed by atoms with Gasteiger partial charge in [0.25, 0.3) is 0 Å². The summed E-state index contributed by atoms with van der Waals surface area (Å²) in [5, 5.41) is 6.10. The normalized spacial score (nSPS) is 10.9. The maximum atomic E-state index is 12.7. The third kappa shape index (κ3) is 6.97. The molecular formula is C26H29N3O2S. The molecule has 0 aromatic heterocycles. The molecule has 0 saturated heterocycles. The molecule has 0 bridgehead atoms. The lowest BCUT2D eigenvalue weighted by atomic mass is 9.98. The van der Waals surface area contributed by atoms with E-state index in [4.69, 9.17) is 0 Å². The molecule has 0 radical (unpaired) electrons. The van der Waals surface area contributed by atoms with Gasteiger partial charge in [0.05, 0.1) is 18.3 Å². The summed E-state index contributed by atoms with van der Waals surface area (Å²) in [6.07, 6.45) is 2.29. The van der Waals surface area contributed by atoms with Crippen LogP contribution in [0.2, 0.25) is 0 Å². The first-order valence-electron chi connectivity index (χ1n) is 10.6. The average molecular weight is 448 g/mol. The molecule has 6 heteroatoms. The van der Waals surface area contributed by atoms with Gasteiger partial charge in [-0.1, -0.05) is 72.8 Å². The first-order valence-corrected chi connectivity index (χ1v) is 11.8. The Hall–Kier alpha value is -3.09. The van der Waals surface area contributed by atoms with Gasteiger partial charge < -0.3 is 10.6 Å². The lowest BCUT2D eigenvalue weighted by molar-refractivity contribution is -0.122. The number of nitrogens with one attached hydrogen (secondary N) is 2. The van der Waals surface area contributed by atoms with Crippen molar-refractivity contribution >= 4 is 29.3 Å². The van der Waals surface area contributed by atoms with Gasteiger partial charge >= 0.3 is 0 Å². The van der Waals surface area contributed by atoms with Crippen LogP contribution in [-0.2, 0) is 9.59 Å². The van der Waals surface area contributed by atoms with Crippen molar-refractivity contribution in [3.8, 4) is 0 Å². The van der Waals surface area contributed by atoms with Crippen LogP contribution in [0.5, 0.6) is 0 Å². The number of thioether (sulfide) groups is 1. The summed E-state index contributed by atoms with van der Waals surface area (Å²) in [6.45, 7) is 0.705. The van der Waals surface area contributed by atoms with Crippen molar-refractivity contribution in [3.05, 3.63) is 96.1 Å². The van der Waals surface area contributed by atoms with Crippen LogP contribution in [0.3, 0.4) is 0 Å². The molecule has 0 aliphatic heterocycles. The van der Waals surface area contributed by atoms with Gasteiger partial charge in [-0.3, -0.25) is 14.5 Å². The van der Waals surface area contributed by atoms with Crippen LogP contribution in [0.1, 0.15) is 23.6 Å². The fourth-order valence-corrected chi connectivity index (χ4v) is 3.99. The van der Waals surface area contributed by atoms with E-state index in [1.54, 1.807) is 11.8 Å². The standard InChI is InChI=1S/C26H29N3O2S/c1-29(19-25(31)27-22-15-9-10-16-23(22)32-2)18-17-24(30)28-26(20-11-5-3-6-12-20)21-13-7-4-8-14-21/h3-16,26H,17-19H2,1-2H3,(H,27,31)(H,28,30). The number of nitrogens with zero attached hydrogens (tertiary/aromatic N) is 1. The van der Waals surface area contributed by atoms with Crippen LogP contribution in [0.4, 0.5) is 5.69 Å². The molecule has 0 fully saturated rings. The highest BCUT2D eigenvalue weighted by Crippen LogP contribution is 2.24. The SMILES string of the molecule is CSc1ccccc1NC(=O)CN(C)CCC(=O)NC(c1ccccc1)c1ccccc1. The summed E-state index contributed by atoms with van der Waals surface area (Å²) in [7, 11) is 1.85. The van der Waals surface area contributed by atoms with Crippen molar-refractivity contribution in [2.24, 2.45) is 0 Å². The second kappa shape index (κ2) is 12.1. The molecule has 0 atom stereocenters. The van der Waals surface area contributed by atoms with E-state index in [0.717, 1.165) is 21.7 Å². The summed E-state index contributed by atoms with van der Waals surface area (Å²) in [5.41, 5.74) is 2.88.